The van der Waals surface area contributed by atoms with Crippen molar-refractivity contribution in [2.75, 3.05) is 6.54 Å². The Labute approximate surface area is 183 Å². The molecule has 4 aliphatic carbocycles. The molecule has 2 aromatic rings. The maximum atomic E-state index is 12.9. The fourth-order valence-electron chi connectivity index (χ4n) is 7.03. The minimum Gasteiger partial charge on any atom is -0.507 e. The quantitative estimate of drug-likeness (QED) is 0.533. The van der Waals surface area contributed by atoms with Crippen LogP contribution >= 0.6 is 0 Å². The fraction of sp³-hybridized carbons (Fsp3) is 0.500. The lowest BCUT2D eigenvalue weighted by Gasteiger charge is -2.57. The van der Waals surface area contributed by atoms with Crippen molar-refractivity contribution in [3.8, 4) is 17.2 Å². The molecule has 1 amide bonds. The maximum Gasteiger partial charge on any atom is 0.255 e. The summed E-state index contributed by atoms with van der Waals surface area (Å²) < 4.78 is 0. The molecular weight excluding hydrogens is 390 g/mol. The molecule has 164 valence electrons. The van der Waals surface area contributed by atoms with Gasteiger partial charge in [-0.1, -0.05) is 6.07 Å². The molecule has 31 heavy (non-hydrogen) atoms. The van der Waals surface area contributed by atoms with E-state index in [2.05, 4.69) is 12.2 Å². The van der Waals surface area contributed by atoms with Gasteiger partial charge < -0.3 is 20.6 Å². The Kier molecular flexibility index (Phi) is 4.87. The summed E-state index contributed by atoms with van der Waals surface area (Å²) in [5, 5.41) is 32.5. The molecule has 0 radical (unpaired) electrons. The number of phenols is 3. The van der Waals surface area contributed by atoms with Crippen molar-refractivity contribution >= 4 is 5.91 Å². The number of carbonyl (C=O) groups excluding carboxylic acids is 1. The van der Waals surface area contributed by atoms with E-state index in [1.807, 2.05) is 6.07 Å². The Morgan fingerprint density at radius 3 is 2.19 bits per heavy atom. The molecule has 4 saturated carbocycles. The molecule has 5 nitrogen and oxygen atoms in total. The van der Waals surface area contributed by atoms with Gasteiger partial charge in [-0.25, -0.2) is 0 Å². The highest BCUT2D eigenvalue weighted by molar-refractivity contribution is 5.97. The lowest BCUT2D eigenvalue weighted by molar-refractivity contribution is -0.00549. The van der Waals surface area contributed by atoms with Crippen molar-refractivity contribution in [3.05, 3.63) is 52.6 Å². The highest BCUT2D eigenvalue weighted by Crippen LogP contribution is 2.61. The summed E-state index contributed by atoms with van der Waals surface area (Å²) in [6.45, 7) is 2.44. The van der Waals surface area contributed by atoms with Crippen LogP contribution in [0.2, 0.25) is 0 Å². The molecule has 4 aliphatic rings. The highest BCUT2D eigenvalue weighted by atomic mass is 16.3. The summed E-state index contributed by atoms with van der Waals surface area (Å²) in [5.74, 6) is 1.89. The van der Waals surface area contributed by atoms with Crippen LogP contribution in [-0.2, 0) is 11.8 Å². The first-order valence-corrected chi connectivity index (χ1v) is 11.5. The van der Waals surface area contributed by atoms with E-state index in [4.69, 9.17) is 0 Å². The van der Waals surface area contributed by atoms with Gasteiger partial charge in [0.05, 0.1) is 5.56 Å². The van der Waals surface area contributed by atoms with Gasteiger partial charge in [0.2, 0.25) is 0 Å². The summed E-state index contributed by atoms with van der Waals surface area (Å²) in [6, 6.07) is 8.38. The van der Waals surface area contributed by atoms with E-state index in [1.54, 1.807) is 12.1 Å². The van der Waals surface area contributed by atoms with Crippen LogP contribution in [-0.4, -0.2) is 27.8 Å². The molecule has 0 spiro atoms. The predicted molar refractivity (Wildman–Crippen MR) is 119 cm³/mol. The van der Waals surface area contributed by atoms with Crippen molar-refractivity contribution < 1.29 is 20.1 Å². The Morgan fingerprint density at radius 2 is 1.58 bits per heavy atom. The molecule has 2 aromatic carbocycles. The molecule has 4 bridgehead atoms. The molecular formula is C26H31NO4. The number of phenolic OH excluding ortho intramolecular Hbond substituents is 3. The molecule has 4 fully saturated rings. The van der Waals surface area contributed by atoms with E-state index in [1.165, 1.54) is 56.2 Å². The maximum absolute atomic E-state index is 12.9. The van der Waals surface area contributed by atoms with Crippen LogP contribution in [0.15, 0.2) is 30.3 Å². The number of carbonyl (C=O) groups is 1. The predicted octanol–water partition coefficient (Wildman–Crippen LogP) is 4.55. The molecule has 5 heteroatoms. The number of hydrogen-bond acceptors (Lipinski definition) is 4. The minimum atomic E-state index is -0.272. The lowest BCUT2D eigenvalue weighted by Crippen LogP contribution is -2.48. The molecule has 0 heterocycles. The first kappa shape index (κ1) is 20.2. The first-order valence-electron chi connectivity index (χ1n) is 11.5. The normalized spacial score (nSPS) is 28.6. The van der Waals surface area contributed by atoms with Gasteiger partial charge in [-0.3, -0.25) is 4.79 Å². The SMILES string of the molecule is Cc1cc(O)c(C(=O)NCCc2ccc(O)c(O)c2)cc1C12CC3CC(CC(C3)C1)C2. The number of benzene rings is 2. The Hall–Kier alpha value is -2.69. The van der Waals surface area contributed by atoms with Gasteiger partial charge in [0.15, 0.2) is 11.5 Å². The summed E-state index contributed by atoms with van der Waals surface area (Å²) >= 11 is 0. The van der Waals surface area contributed by atoms with Crippen LogP contribution in [0.3, 0.4) is 0 Å². The van der Waals surface area contributed by atoms with Gasteiger partial charge >= 0.3 is 0 Å². The number of rotatable bonds is 5. The van der Waals surface area contributed by atoms with Crippen molar-refractivity contribution in [2.24, 2.45) is 17.8 Å². The number of aryl methyl sites for hydroxylation is 1. The van der Waals surface area contributed by atoms with Crippen LogP contribution in [0.1, 0.15) is 65.6 Å². The second-order valence-corrected chi connectivity index (χ2v) is 10.2. The third-order valence-corrected chi connectivity index (χ3v) is 7.94. The zero-order valence-electron chi connectivity index (χ0n) is 18.0. The van der Waals surface area contributed by atoms with Crippen molar-refractivity contribution in [3.63, 3.8) is 0 Å². The van der Waals surface area contributed by atoms with Gasteiger partial charge in [0.1, 0.15) is 5.75 Å². The third kappa shape index (κ3) is 3.64. The van der Waals surface area contributed by atoms with E-state index in [9.17, 15) is 20.1 Å². The Balaban J connectivity index is 1.34. The molecule has 0 unspecified atom stereocenters. The third-order valence-electron chi connectivity index (χ3n) is 7.94. The monoisotopic (exact) mass is 421 g/mol. The van der Waals surface area contributed by atoms with E-state index >= 15 is 0 Å². The van der Waals surface area contributed by atoms with Gasteiger partial charge in [0.25, 0.3) is 5.91 Å². The van der Waals surface area contributed by atoms with Gasteiger partial charge in [-0.15, -0.1) is 0 Å². The minimum absolute atomic E-state index is 0.0331. The largest absolute Gasteiger partial charge is 0.507 e. The molecule has 6 rings (SSSR count). The number of amides is 1. The second-order valence-electron chi connectivity index (χ2n) is 10.2. The van der Waals surface area contributed by atoms with Crippen molar-refractivity contribution in [2.45, 2.75) is 57.3 Å². The molecule has 0 saturated heterocycles. The van der Waals surface area contributed by atoms with Gasteiger partial charge in [-0.2, -0.15) is 0 Å². The average molecular weight is 422 g/mol. The van der Waals surface area contributed by atoms with E-state index < -0.39 is 0 Å². The average Bonchev–Trinajstić information content (AvgIpc) is 2.69. The van der Waals surface area contributed by atoms with Crippen LogP contribution in [0.25, 0.3) is 0 Å². The van der Waals surface area contributed by atoms with Crippen molar-refractivity contribution in [1.29, 1.82) is 0 Å². The lowest BCUT2D eigenvalue weighted by atomic mass is 9.47. The summed E-state index contributed by atoms with van der Waals surface area (Å²) in [6.07, 6.45) is 8.29. The van der Waals surface area contributed by atoms with Gasteiger partial charge in [0, 0.05) is 6.54 Å². The van der Waals surface area contributed by atoms with E-state index in [-0.39, 0.29) is 28.6 Å². The molecule has 4 N–H and O–H groups in total. The van der Waals surface area contributed by atoms with Gasteiger partial charge in [-0.05, 0) is 116 Å². The Morgan fingerprint density at radius 1 is 0.935 bits per heavy atom. The van der Waals surface area contributed by atoms with E-state index in [0.29, 0.717) is 18.5 Å². The Bertz CT molecular complexity index is 993. The highest BCUT2D eigenvalue weighted by Gasteiger charge is 2.52. The standard InChI is InChI=1S/C26H31NO4/c1-15-6-23(29)20(25(31)27-5-4-16-2-3-22(28)24(30)10-16)11-21(15)26-12-17-7-18(13-26)9-19(8-17)14-26/h2-3,6,10-11,17-19,28-30H,4-5,7-9,12-14H2,1H3,(H,27,31). The zero-order valence-corrected chi connectivity index (χ0v) is 18.0. The number of nitrogens with one attached hydrogen (secondary N) is 1. The summed E-state index contributed by atoms with van der Waals surface area (Å²) in [7, 11) is 0. The van der Waals surface area contributed by atoms with Crippen molar-refractivity contribution in [1.82, 2.24) is 5.32 Å². The first-order chi connectivity index (χ1) is 14.8. The van der Waals surface area contributed by atoms with Crippen LogP contribution in [0.4, 0.5) is 0 Å². The second kappa shape index (κ2) is 7.47. The zero-order chi connectivity index (χ0) is 21.8. The van der Waals surface area contributed by atoms with Crippen LogP contribution < -0.4 is 5.32 Å². The number of aromatic hydroxyl groups is 3. The smallest absolute Gasteiger partial charge is 0.255 e. The molecule has 0 atom stereocenters. The van der Waals surface area contributed by atoms with Crippen LogP contribution in [0, 0.1) is 24.7 Å². The van der Waals surface area contributed by atoms with E-state index in [0.717, 1.165) is 28.9 Å². The van der Waals surface area contributed by atoms with Crippen LogP contribution in [0.5, 0.6) is 17.2 Å². The topological polar surface area (TPSA) is 89.8 Å². The summed E-state index contributed by atoms with van der Waals surface area (Å²) in [5.41, 5.74) is 3.70. The molecule has 0 aliphatic heterocycles. The fourth-order valence-corrected chi connectivity index (χ4v) is 7.03. The molecule has 0 aromatic heterocycles. The summed E-state index contributed by atoms with van der Waals surface area (Å²) in [4.78, 5) is 12.9. The number of hydrogen-bond donors (Lipinski definition) is 4.